The summed E-state index contributed by atoms with van der Waals surface area (Å²) in [6.45, 7) is 9.27. The van der Waals surface area contributed by atoms with Gasteiger partial charge >= 0.3 is 12.0 Å². The Bertz CT molecular complexity index is 1160. The smallest absolute Gasteiger partial charge is 0.325 e. The van der Waals surface area contributed by atoms with Gasteiger partial charge in [0.2, 0.25) is 0 Å². The molecule has 0 aliphatic carbocycles. The van der Waals surface area contributed by atoms with E-state index in [0.717, 1.165) is 42.7 Å². The first kappa shape index (κ1) is 39.5. The van der Waals surface area contributed by atoms with Gasteiger partial charge in [-0.2, -0.15) is 0 Å². The number of unbranched alkanes of at least 4 members (excludes halogenated alkanes) is 10. The zero-order chi connectivity index (χ0) is 34.4. The van der Waals surface area contributed by atoms with Crippen molar-refractivity contribution in [1.82, 2.24) is 10.2 Å². The fourth-order valence-electron chi connectivity index (χ4n) is 6.15. The Kier molecular flexibility index (Phi) is 19.2. The standard InChI is InChI=1S/C39H61N3O6/c1-4-7-9-11-13-15-24-42(25-16-14-12-10-8-5-2)29-35-27-36(32-22-20-31(30-43)21-23-32)48-38(47-35)33-18-17-19-34(26-33)41-39(45)40-28-37(44)46-6-3/h17-23,26,35-36,38,43H,4-16,24-25,27-30H2,1-3H3,(H2,40,41,45)/t35-,36+,38+/m1/s1. The van der Waals surface area contributed by atoms with Gasteiger partial charge in [0.15, 0.2) is 6.29 Å². The number of anilines is 1. The second kappa shape index (κ2) is 23.4. The number of rotatable bonds is 23. The van der Waals surface area contributed by atoms with Gasteiger partial charge in [-0.1, -0.05) is 114 Å². The van der Waals surface area contributed by atoms with Crippen LogP contribution in [0.5, 0.6) is 0 Å². The summed E-state index contributed by atoms with van der Waals surface area (Å²) in [4.78, 5) is 26.7. The molecule has 268 valence electrons. The highest BCUT2D eigenvalue weighted by Crippen LogP contribution is 2.38. The summed E-state index contributed by atoms with van der Waals surface area (Å²) in [7, 11) is 0. The van der Waals surface area contributed by atoms with Crippen molar-refractivity contribution in [2.45, 2.75) is 129 Å². The van der Waals surface area contributed by atoms with Gasteiger partial charge in [-0.25, -0.2) is 4.79 Å². The van der Waals surface area contributed by atoms with Crippen LogP contribution in [0.25, 0.3) is 0 Å². The lowest BCUT2D eigenvalue weighted by Crippen LogP contribution is -2.40. The Labute approximate surface area is 289 Å². The minimum atomic E-state index is -0.624. The van der Waals surface area contributed by atoms with E-state index in [1.165, 1.54) is 77.0 Å². The molecule has 1 aliphatic rings. The number of hydrogen-bond acceptors (Lipinski definition) is 7. The molecule has 48 heavy (non-hydrogen) atoms. The molecule has 9 heteroatoms. The molecule has 0 saturated carbocycles. The van der Waals surface area contributed by atoms with E-state index in [9.17, 15) is 14.7 Å². The molecule has 1 heterocycles. The second-order valence-electron chi connectivity index (χ2n) is 12.9. The Balaban J connectivity index is 1.73. The minimum Gasteiger partial charge on any atom is -0.465 e. The van der Waals surface area contributed by atoms with Crippen LogP contribution in [0, 0.1) is 0 Å². The largest absolute Gasteiger partial charge is 0.465 e. The van der Waals surface area contributed by atoms with Gasteiger partial charge < -0.3 is 34.9 Å². The van der Waals surface area contributed by atoms with Gasteiger partial charge in [0.05, 0.1) is 25.4 Å². The zero-order valence-electron chi connectivity index (χ0n) is 29.7. The molecular formula is C39H61N3O6. The first-order chi connectivity index (χ1) is 23.4. The molecule has 1 aliphatic heterocycles. The zero-order valence-corrected chi connectivity index (χ0v) is 29.7. The van der Waals surface area contributed by atoms with Crippen molar-refractivity contribution in [3.05, 3.63) is 65.2 Å². The maximum absolute atomic E-state index is 12.5. The molecule has 0 aromatic heterocycles. The van der Waals surface area contributed by atoms with Crippen LogP contribution in [0.4, 0.5) is 10.5 Å². The number of hydrogen-bond donors (Lipinski definition) is 3. The number of aliphatic hydroxyl groups is 1. The first-order valence-corrected chi connectivity index (χ1v) is 18.5. The van der Waals surface area contributed by atoms with E-state index in [1.54, 1.807) is 13.0 Å². The molecule has 0 radical (unpaired) electrons. The van der Waals surface area contributed by atoms with Crippen molar-refractivity contribution in [2.24, 2.45) is 0 Å². The molecule has 2 aromatic carbocycles. The molecule has 0 bridgehead atoms. The van der Waals surface area contributed by atoms with E-state index in [2.05, 4.69) is 29.4 Å². The number of nitrogens with zero attached hydrogens (tertiary/aromatic N) is 1. The average molecular weight is 668 g/mol. The highest BCUT2D eigenvalue weighted by molar-refractivity contribution is 5.91. The van der Waals surface area contributed by atoms with Crippen LogP contribution in [0.3, 0.4) is 0 Å². The molecule has 2 aromatic rings. The van der Waals surface area contributed by atoms with E-state index in [-0.39, 0.29) is 32.0 Å². The van der Waals surface area contributed by atoms with Crippen molar-refractivity contribution in [3.63, 3.8) is 0 Å². The van der Waals surface area contributed by atoms with E-state index in [4.69, 9.17) is 14.2 Å². The van der Waals surface area contributed by atoms with Gasteiger partial charge in [-0.15, -0.1) is 0 Å². The number of carbonyl (C=O) groups is 2. The van der Waals surface area contributed by atoms with E-state index in [0.29, 0.717) is 5.69 Å². The summed E-state index contributed by atoms with van der Waals surface area (Å²) in [6.07, 6.45) is 15.2. The monoisotopic (exact) mass is 667 g/mol. The Morgan fingerprint density at radius 1 is 0.833 bits per heavy atom. The fourth-order valence-corrected chi connectivity index (χ4v) is 6.15. The summed E-state index contributed by atoms with van der Waals surface area (Å²) < 4.78 is 18.2. The molecular weight excluding hydrogens is 606 g/mol. The second-order valence-corrected chi connectivity index (χ2v) is 12.9. The maximum Gasteiger partial charge on any atom is 0.325 e. The lowest BCUT2D eigenvalue weighted by molar-refractivity contribution is -0.253. The van der Waals surface area contributed by atoms with E-state index >= 15 is 0 Å². The Morgan fingerprint density at radius 3 is 2.10 bits per heavy atom. The van der Waals surface area contributed by atoms with Crippen molar-refractivity contribution in [2.75, 3.05) is 38.1 Å². The van der Waals surface area contributed by atoms with Gasteiger partial charge in [0.25, 0.3) is 0 Å². The van der Waals surface area contributed by atoms with E-state index < -0.39 is 18.3 Å². The number of nitrogens with one attached hydrogen (secondary N) is 2. The minimum absolute atomic E-state index is 0.000822. The van der Waals surface area contributed by atoms with Crippen LogP contribution < -0.4 is 10.6 Å². The van der Waals surface area contributed by atoms with Gasteiger partial charge in [0.1, 0.15) is 6.54 Å². The number of aliphatic hydroxyl groups excluding tert-OH is 1. The van der Waals surface area contributed by atoms with Crippen molar-refractivity contribution in [1.29, 1.82) is 0 Å². The quantitative estimate of drug-likeness (QED) is 0.0806. The predicted molar refractivity (Wildman–Crippen MR) is 192 cm³/mol. The third-order valence-corrected chi connectivity index (χ3v) is 8.85. The van der Waals surface area contributed by atoms with Gasteiger partial charge in [-0.3, -0.25) is 4.79 Å². The number of benzene rings is 2. The molecule has 1 saturated heterocycles. The SMILES string of the molecule is CCCCCCCCN(CCCCCCCC)C[C@H]1C[C@@H](c2ccc(CO)cc2)O[C@@H](c2cccc(NC(=O)NCC(=O)OCC)c2)O1. The third-order valence-electron chi connectivity index (χ3n) is 8.85. The van der Waals surface area contributed by atoms with Crippen LogP contribution in [0.2, 0.25) is 0 Å². The number of ether oxygens (including phenoxy) is 3. The fraction of sp³-hybridized carbons (Fsp3) is 0.641. The normalized spacial score (nSPS) is 17.7. The van der Waals surface area contributed by atoms with E-state index in [1.807, 2.05) is 42.5 Å². The summed E-state index contributed by atoms with van der Waals surface area (Å²) in [6, 6.07) is 14.9. The number of esters is 1. The molecule has 3 rings (SSSR count). The summed E-state index contributed by atoms with van der Waals surface area (Å²) in [5.41, 5.74) is 3.29. The summed E-state index contributed by atoms with van der Waals surface area (Å²) >= 11 is 0. The molecule has 2 amide bonds. The number of carbonyl (C=O) groups excluding carboxylic acids is 2. The van der Waals surface area contributed by atoms with Crippen LogP contribution in [-0.4, -0.2) is 60.9 Å². The average Bonchev–Trinajstić information content (AvgIpc) is 3.10. The molecule has 0 spiro atoms. The molecule has 3 atom stereocenters. The maximum atomic E-state index is 12.5. The van der Waals surface area contributed by atoms with Crippen LogP contribution in [-0.2, 0) is 25.6 Å². The predicted octanol–water partition coefficient (Wildman–Crippen LogP) is 8.43. The molecule has 9 nitrogen and oxygen atoms in total. The summed E-state index contributed by atoms with van der Waals surface area (Å²) in [5, 5.41) is 14.9. The Morgan fingerprint density at radius 2 is 1.48 bits per heavy atom. The van der Waals surface area contributed by atoms with Gasteiger partial charge in [0, 0.05) is 24.2 Å². The van der Waals surface area contributed by atoms with Crippen LogP contribution in [0.15, 0.2) is 48.5 Å². The first-order valence-electron chi connectivity index (χ1n) is 18.5. The van der Waals surface area contributed by atoms with Crippen molar-refractivity contribution in [3.8, 4) is 0 Å². The van der Waals surface area contributed by atoms with Crippen LogP contribution >= 0.6 is 0 Å². The third kappa shape index (κ3) is 15.1. The van der Waals surface area contributed by atoms with Gasteiger partial charge in [-0.05, 0) is 56.1 Å². The summed E-state index contributed by atoms with van der Waals surface area (Å²) in [5.74, 6) is -0.489. The highest BCUT2D eigenvalue weighted by atomic mass is 16.7. The van der Waals surface area contributed by atoms with Crippen LogP contribution in [0.1, 0.15) is 133 Å². The molecule has 0 unspecified atom stereocenters. The number of amides is 2. The Hall–Kier alpha value is -2.98. The molecule has 1 fully saturated rings. The van der Waals surface area contributed by atoms with Crippen molar-refractivity contribution < 1.29 is 28.9 Å². The lowest BCUT2D eigenvalue weighted by Gasteiger charge is -2.38. The highest BCUT2D eigenvalue weighted by Gasteiger charge is 2.33. The lowest BCUT2D eigenvalue weighted by atomic mass is 9.99. The number of urea groups is 1. The molecule has 3 N–H and O–H groups in total. The van der Waals surface area contributed by atoms with Crippen molar-refractivity contribution >= 4 is 17.7 Å². The topological polar surface area (TPSA) is 109 Å².